The molecular weight excluding hydrogens is 683 g/mol. The summed E-state index contributed by atoms with van der Waals surface area (Å²) in [5.41, 5.74) is -0.355. The molecule has 10 nitrogen and oxygen atoms in total. The van der Waals surface area contributed by atoms with Crippen molar-refractivity contribution in [2.24, 2.45) is 32.5 Å². The summed E-state index contributed by atoms with van der Waals surface area (Å²) in [5, 5.41) is 11.1. The first kappa shape index (κ1) is 47.2. The fourth-order valence-corrected chi connectivity index (χ4v) is 13.1. The number of hydrogen-bond acceptors (Lipinski definition) is 10. The van der Waals surface area contributed by atoms with Gasteiger partial charge in [0.2, 0.25) is 0 Å². The van der Waals surface area contributed by atoms with Gasteiger partial charge in [-0.3, -0.25) is 28.3 Å². The largest absolute Gasteiger partial charge is 0.474 e. The van der Waals surface area contributed by atoms with Crippen LogP contribution in [0.1, 0.15) is 125 Å². The van der Waals surface area contributed by atoms with Gasteiger partial charge in [-0.05, 0) is 32.5 Å². The molecular formula is C42H87N6O4P. The van der Waals surface area contributed by atoms with Gasteiger partial charge in [-0.2, -0.15) is 0 Å². The third-order valence-electron chi connectivity index (χ3n) is 13.7. The second-order valence-corrected chi connectivity index (χ2v) is 24.2. The highest BCUT2D eigenvalue weighted by atomic mass is 31.2. The third-order valence-corrected chi connectivity index (χ3v) is 15.2. The van der Waals surface area contributed by atoms with Crippen LogP contribution in [0.15, 0.2) is 0 Å². The van der Waals surface area contributed by atoms with Gasteiger partial charge in [-0.15, -0.1) is 0 Å². The average Bonchev–Trinajstić information content (AvgIpc) is 2.98. The molecule has 0 aromatic carbocycles. The van der Waals surface area contributed by atoms with E-state index < -0.39 is 7.82 Å². The summed E-state index contributed by atoms with van der Waals surface area (Å²) in [6, 6.07) is 0. The lowest BCUT2D eigenvalue weighted by Gasteiger charge is -2.62. The summed E-state index contributed by atoms with van der Waals surface area (Å²) >= 11 is 0. The van der Waals surface area contributed by atoms with Crippen LogP contribution >= 0.6 is 7.82 Å². The molecule has 3 aliphatic rings. The Hall–Kier alpha value is -0.130. The maximum Gasteiger partial charge on any atom is 0.474 e. The first-order valence-corrected chi connectivity index (χ1v) is 22.3. The number of nitrogens with one attached hydrogen (secondary N) is 3. The van der Waals surface area contributed by atoms with E-state index in [2.05, 4.69) is 155 Å². The zero-order valence-corrected chi connectivity index (χ0v) is 38.9. The minimum Gasteiger partial charge on any atom is -0.314 e. The van der Waals surface area contributed by atoms with Gasteiger partial charge >= 0.3 is 7.82 Å². The van der Waals surface area contributed by atoms with E-state index in [0.29, 0.717) is 19.6 Å². The first-order chi connectivity index (χ1) is 23.9. The van der Waals surface area contributed by atoms with Crippen LogP contribution in [0.2, 0.25) is 0 Å². The van der Waals surface area contributed by atoms with E-state index in [1.165, 1.54) is 0 Å². The Morgan fingerprint density at radius 2 is 0.642 bits per heavy atom. The van der Waals surface area contributed by atoms with Crippen LogP contribution < -0.4 is 16.0 Å². The normalized spacial score (nSPS) is 23.4. The molecule has 3 fully saturated rings. The summed E-state index contributed by atoms with van der Waals surface area (Å²) in [6.45, 7) is 53.0. The highest BCUT2D eigenvalue weighted by Gasteiger charge is 2.57. The lowest BCUT2D eigenvalue weighted by Crippen LogP contribution is -2.73. The zero-order chi connectivity index (χ0) is 40.6. The Morgan fingerprint density at radius 3 is 0.830 bits per heavy atom. The maximum atomic E-state index is 14.8. The van der Waals surface area contributed by atoms with Crippen molar-refractivity contribution in [3.63, 3.8) is 0 Å². The molecule has 0 aromatic rings. The van der Waals surface area contributed by atoms with Crippen LogP contribution in [0.3, 0.4) is 0 Å². The van der Waals surface area contributed by atoms with Crippen LogP contribution in [0, 0.1) is 32.5 Å². The van der Waals surface area contributed by atoms with Gasteiger partial charge in [-0.1, -0.05) is 125 Å². The number of nitrogens with zero attached hydrogens (tertiary/aromatic N) is 3. The average molecular weight is 771 g/mol. The maximum absolute atomic E-state index is 14.8. The lowest BCUT2D eigenvalue weighted by atomic mass is 9.58. The lowest BCUT2D eigenvalue weighted by molar-refractivity contribution is -0.109. The molecule has 0 amide bonds. The van der Waals surface area contributed by atoms with Gasteiger partial charge in [0, 0.05) is 95.2 Å². The minimum atomic E-state index is -3.92. The molecule has 0 radical (unpaired) electrons. The summed E-state index contributed by atoms with van der Waals surface area (Å²) in [7, 11) is -3.92. The molecule has 0 spiro atoms. The van der Waals surface area contributed by atoms with Crippen molar-refractivity contribution in [3.8, 4) is 0 Å². The van der Waals surface area contributed by atoms with Gasteiger partial charge in [0.1, 0.15) is 0 Å². The smallest absolute Gasteiger partial charge is 0.314 e. The predicted octanol–water partition coefficient (Wildman–Crippen LogP) is 7.35. The minimum absolute atomic E-state index is 0.00117. The monoisotopic (exact) mass is 771 g/mol. The van der Waals surface area contributed by atoms with Gasteiger partial charge in [0.15, 0.2) is 0 Å². The van der Waals surface area contributed by atoms with Crippen molar-refractivity contribution in [2.75, 3.05) is 98.4 Å². The first-order valence-electron chi connectivity index (χ1n) is 20.8. The summed E-state index contributed by atoms with van der Waals surface area (Å²) < 4.78 is 34.0. The van der Waals surface area contributed by atoms with Gasteiger partial charge in [0.05, 0.1) is 19.8 Å². The fraction of sp³-hybridized carbons (Fsp3) is 1.00. The molecule has 314 valence electrons. The van der Waals surface area contributed by atoms with Crippen LogP contribution in [0.25, 0.3) is 0 Å². The molecule has 3 rings (SSSR count). The molecule has 0 aromatic heterocycles. The van der Waals surface area contributed by atoms with Crippen LogP contribution in [-0.4, -0.2) is 130 Å². The predicted molar refractivity (Wildman–Crippen MR) is 224 cm³/mol. The van der Waals surface area contributed by atoms with E-state index in [1.54, 1.807) is 0 Å². The number of hydrogen-bond donors (Lipinski definition) is 3. The molecule has 3 N–H and O–H groups in total. The van der Waals surface area contributed by atoms with E-state index in [4.69, 9.17) is 13.6 Å². The highest BCUT2D eigenvalue weighted by molar-refractivity contribution is 7.48. The quantitative estimate of drug-likeness (QED) is 0.175. The molecule has 53 heavy (non-hydrogen) atoms. The van der Waals surface area contributed by atoms with Crippen molar-refractivity contribution >= 4 is 7.82 Å². The van der Waals surface area contributed by atoms with Crippen LogP contribution in [-0.2, 0) is 18.1 Å². The molecule has 3 heterocycles. The van der Waals surface area contributed by atoms with E-state index >= 15 is 0 Å². The number of piperazine rings is 3. The number of rotatable bonds is 12. The molecule has 0 bridgehead atoms. The number of phosphoric ester groups is 1. The standard InChI is InChI=1S/C42H87N6O4P/c1-34(2,3)40(35(4,5)6)31-43-19-22-46(40)25-28-50-53(49,51-29-26-47-23-20-44-32-41(47,36(7,8)9)37(10,11)12)52-30-27-48-24-21-45-33-42(48,38(13,14)15)39(16,17)18/h43-45H,19-33H2,1-18H3. The molecule has 0 unspecified atom stereocenters. The number of phosphoric acid groups is 1. The summed E-state index contributed by atoms with van der Waals surface area (Å²) in [4.78, 5) is 7.70. The van der Waals surface area contributed by atoms with Crippen LogP contribution in [0.5, 0.6) is 0 Å². The van der Waals surface area contributed by atoms with E-state index in [0.717, 1.165) is 58.9 Å². The van der Waals surface area contributed by atoms with Gasteiger partial charge in [0.25, 0.3) is 0 Å². The van der Waals surface area contributed by atoms with Crippen molar-refractivity contribution in [1.29, 1.82) is 0 Å². The Morgan fingerprint density at radius 1 is 0.434 bits per heavy atom. The van der Waals surface area contributed by atoms with E-state index in [9.17, 15) is 4.57 Å². The second-order valence-electron chi connectivity index (χ2n) is 22.5. The van der Waals surface area contributed by atoms with Gasteiger partial charge < -0.3 is 16.0 Å². The van der Waals surface area contributed by atoms with Crippen molar-refractivity contribution < 1.29 is 18.1 Å². The Labute approximate surface area is 328 Å². The van der Waals surface area contributed by atoms with Crippen molar-refractivity contribution in [2.45, 2.75) is 141 Å². The molecule has 0 atom stereocenters. The topological polar surface area (TPSA) is 90.6 Å². The van der Waals surface area contributed by atoms with E-state index in [-0.39, 0.29) is 68.9 Å². The molecule has 0 aliphatic carbocycles. The second kappa shape index (κ2) is 16.6. The Kier molecular flexibility index (Phi) is 14.8. The summed E-state index contributed by atoms with van der Waals surface area (Å²) in [6.07, 6.45) is 0. The molecule has 11 heteroatoms. The Bertz CT molecular complexity index is 1030. The zero-order valence-electron chi connectivity index (χ0n) is 38.0. The Balaban J connectivity index is 1.87. The summed E-state index contributed by atoms with van der Waals surface area (Å²) in [5.74, 6) is 0. The molecule has 0 saturated carbocycles. The van der Waals surface area contributed by atoms with Crippen molar-refractivity contribution in [1.82, 2.24) is 30.7 Å². The molecule has 3 saturated heterocycles. The van der Waals surface area contributed by atoms with Crippen molar-refractivity contribution in [3.05, 3.63) is 0 Å². The van der Waals surface area contributed by atoms with Gasteiger partial charge in [-0.25, -0.2) is 4.57 Å². The SMILES string of the molecule is CC(C)(C)C1(C(C)(C)C)CNCCN1CCOP(=O)(OCCN1CCNCC1(C(C)(C)C)C(C)(C)C)OCCN1CCNCC1(C(C)(C)C)C(C)(C)C. The van der Waals surface area contributed by atoms with Crippen LogP contribution in [0.4, 0.5) is 0 Å². The van der Waals surface area contributed by atoms with E-state index in [1.807, 2.05) is 0 Å². The molecule has 3 aliphatic heterocycles. The third kappa shape index (κ3) is 9.44. The fourth-order valence-electron chi connectivity index (χ4n) is 12.0. The highest BCUT2D eigenvalue weighted by Crippen LogP contribution is 2.54.